The number of rotatable bonds is 2. The van der Waals surface area contributed by atoms with E-state index in [0.29, 0.717) is 0 Å². The number of ether oxygens (including phenoxy) is 1. The fourth-order valence-electron chi connectivity index (χ4n) is 0.714. The third-order valence-electron chi connectivity index (χ3n) is 1.07. The molecule has 0 saturated carbocycles. The minimum atomic E-state index is 0.183. The van der Waals surface area contributed by atoms with Gasteiger partial charge in [-0.1, -0.05) is 27.4 Å². The van der Waals surface area contributed by atoms with Crippen molar-refractivity contribution in [2.75, 3.05) is 0 Å². The summed E-state index contributed by atoms with van der Waals surface area (Å²) in [6.45, 7) is 1.98. The Kier molecular flexibility index (Phi) is 2.70. The average molecular weight is 154 g/mol. The van der Waals surface area contributed by atoms with Crippen molar-refractivity contribution in [3.8, 4) is 5.75 Å². The lowest BCUT2D eigenvalue weighted by molar-refractivity contribution is 0.307. The third kappa shape index (κ3) is 2.36. The van der Waals surface area contributed by atoms with E-state index in [0.717, 1.165) is 5.75 Å². The van der Waals surface area contributed by atoms with Crippen molar-refractivity contribution in [2.24, 2.45) is 0 Å². The Bertz CT molecular complexity index is 184. The van der Waals surface area contributed by atoms with E-state index >= 15 is 0 Å². The molecule has 0 radical (unpaired) electrons. The first kappa shape index (κ1) is 7.56. The van der Waals surface area contributed by atoms with Gasteiger partial charge in [0.25, 0.3) is 0 Å². The zero-order chi connectivity index (χ0) is 7.40. The van der Waals surface area contributed by atoms with Crippen LogP contribution in [0, 0.1) is 0 Å². The van der Waals surface area contributed by atoms with E-state index in [9.17, 15) is 0 Å². The van der Waals surface area contributed by atoms with E-state index in [1.165, 1.54) is 0 Å². The Labute approximate surface area is 63.6 Å². The van der Waals surface area contributed by atoms with E-state index in [-0.39, 0.29) is 5.85 Å². The van der Waals surface area contributed by atoms with Gasteiger partial charge in [0.15, 0.2) is 0 Å². The van der Waals surface area contributed by atoms with Gasteiger partial charge in [0.1, 0.15) is 11.6 Å². The molecule has 0 aliphatic carbocycles. The number of benzene rings is 1. The second kappa shape index (κ2) is 3.58. The molecule has 0 aliphatic heterocycles. The Morgan fingerprint density at radius 3 is 2.40 bits per heavy atom. The van der Waals surface area contributed by atoms with E-state index in [2.05, 4.69) is 9.24 Å². The van der Waals surface area contributed by atoms with Gasteiger partial charge in [-0.2, -0.15) is 0 Å². The molecule has 1 aromatic rings. The number of para-hydroxylation sites is 1. The highest BCUT2D eigenvalue weighted by molar-refractivity contribution is 7.17. The molecule has 0 spiro atoms. The smallest absolute Gasteiger partial charge is 0.120 e. The van der Waals surface area contributed by atoms with Crippen LogP contribution < -0.4 is 4.74 Å². The summed E-state index contributed by atoms with van der Waals surface area (Å²) in [6.07, 6.45) is 0. The first-order valence-electron chi connectivity index (χ1n) is 3.26. The Morgan fingerprint density at radius 2 is 1.90 bits per heavy atom. The second-order valence-electron chi connectivity index (χ2n) is 2.14. The van der Waals surface area contributed by atoms with Crippen LogP contribution in [0.3, 0.4) is 0 Å². The van der Waals surface area contributed by atoms with Gasteiger partial charge >= 0.3 is 0 Å². The molecule has 1 aromatic carbocycles. The van der Waals surface area contributed by atoms with Crippen LogP contribution in [0.2, 0.25) is 0 Å². The number of hydrogen-bond donors (Lipinski definition) is 0. The molecule has 0 aliphatic rings. The summed E-state index contributed by atoms with van der Waals surface area (Å²) < 4.78 is 5.38. The van der Waals surface area contributed by atoms with Crippen molar-refractivity contribution in [2.45, 2.75) is 12.8 Å². The summed E-state index contributed by atoms with van der Waals surface area (Å²) in [4.78, 5) is 0. The molecule has 0 saturated heterocycles. The molecule has 10 heavy (non-hydrogen) atoms. The van der Waals surface area contributed by atoms with Crippen LogP contribution in [0.15, 0.2) is 30.3 Å². The van der Waals surface area contributed by atoms with Crippen molar-refractivity contribution >= 4 is 9.24 Å². The summed E-state index contributed by atoms with van der Waals surface area (Å²) in [6, 6.07) is 9.78. The van der Waals surface area contributed by atoms with Gasteiger partial charge < -0.3 is 4.74 Å². The largest absolute Gasteiger partial charge is 0.487 e. The molecule has 0 bridgehead atoms. The molecule has 0 heterocycles. The molecular formula is C8H11OP. The fourth-order valence-corrected chi connectivity index (χ4v) is 0.871. The maximum Gasteiger partial charge on any atom is 0.120 e. The van der Waals surface area contributed by atoms with E-state index in [1.54, 1.807) is 0 Å². The minimum Gasteiger partial charge on any atom is -0.487 e. The van der Waals surface area contributed by atoms with Crippen molar-refractivity contribution in [3.63, 3.8) is 0 Å². The molecule has 0 N–H and O–H groups in total. The minimum absolute atomic E-state index is 0.183. The van der Waals surface area contributed by atoms with E-state index in [1.807, 2.05) is 37.3 Å². The Balaban J connectivity index is 2.59. The Hall–Kier alpha value is -0.550. The SMILES string of the molecule is CC(P)Oc1ccccc1. The normalized spacial score (nSPS) is 12.6. The van der Waals surface area contributed by atoms with Crippen LogP contribution in [-0.4, -0.2) is 5.85 Å². The average Bonchev–Trinajstić information content (AvgIpc) is 1.88. The molecule has 2 heteroatoms. The first-order valence-corrected chi connectivity index (χ1v) is 3.93. The van der Waals surface area contributed by atoms with Crippen molar-refractivity contribution in [1.82, 2.24) is 0 Å². The highest BCUT2D eigenvalue weighted by Gasteiger charge is 1.92. The van der Waals surface area contributed by atoms with Crippen molar-refractivity contribution < 1.29 is 4.74 Å². The molecule has 54 valence electrons. The van der Waals surface area contributed by atoms with Gasteiger partial charge in [0, 0.05) is 0 Å². The quantitative estimate of drug-likeness (QED) is 0.594. The van der Waals surface area contributed by atoms with Gasteiger partial charge in [-0.3, -0.25) is 0 Å². The summed E-state index contributed by atoms with van der Waals surface area (Å²) in [5.74, 6) is 1.10. The van der Waals surface area contributed by atoms with Crippen LogP contribution in [-0.2, 0) is 0 Å². The monoisotopic (exact) mass is 154 g/mol. The van der Waals surface area contributed by atoms with Crippen LogP contribution in [0.4, 0.5) is 0 Å². The molecule has 0 fully saturated rings. The topological polar surface area (TPSA) is 9.23 Å². The zero-order valence-electron chi connectivity index (χ0n) is 5.95. The lowest BCUT2D eigenvalue weighted by Gasteiger charge is -2.07. The lowest BCUT2D eigenvalue weighted by atomic mass is 10.3. The highest BCUT2D eigenvalue weighted by Crippen LogP contribution is 2.12. The van der Waals surface area contributed by atoms with Gasteiger partial charge in [-0.05, 0) is 19.1 Å². The maximum absolute atomic E-state index is 5.38. The molecule has 0 amide bonds. The van der Waals surface area contributed by atoms with Gasteiger partial charge in [-0.25, -0.2) is 0 Å². The van der Waals surface area contributed by atoms with Gasteiger partial charge in [0.2, 0.25) is 0 Å². The van der Waals surface area contributed by atoms with Gasteiger partial charge in [0.05, 0.1) is 0 Å². The summed E-state index contributed by atoms with van der Waals surface area (Å²) >= 11 is 0. The predicted molar refractivity (Wildman–Crippen MR) is 46.2 cm³/mol. The molecule has 1 rings (SSSR count). The molecule has 2 unspecified atom stereocenters. The van der Waals surface area contributed by atoms with Crippen LogP contribution >= 0.6 is 9.24 Å². The Morgan fingerprint density at radius 1 is 1.30 bits per heavy atom. The van der Waals surface area contributed by atoms with E-state index < -0.39 is 0 Å². The van der Waals surface area contributed by atoms with Crippen LogP contribution in [0.5, 0.6) is 5.75 Å². The fraction of sp³-hybridized carbons (Fsp3) is 0.250. The van der Waals surface area contributed by atoms with Gasteiger partial charge in [-0.15, -0.1) is 0 Å². The summed E-state index contributed by atoms with van der Waals surface area (Å²) in [7, 11) is 2.58. The second-order valence-corrected chi connectivity index (χ2v) is 3.07. The van der Waals surface area contributed by atoms with Crippen LogP contribution in [0.1, 0.15) is 6.92 Å². The zero-order valence-corrected chi connectivity index (χ0v) is 7.10. The molecule has 0 aromatic heterocycles. The van der Waals surface area contributed by atoms with Crippen molar-refractivity contribution in [3.05, 3.63) is 30.3 Å². The molecular weight excluding hydrogens is 143 g/mol. The first-order chi connectivity index (χ1) is 4.79. The summed E-state index contributed by atoms with van der Waals surface area (Å²) in [5, 5.41) is 0. The standard InChI is InChI=1S/C8H11OP/c1-7(10)9-8-5-3-2-4-6-8/h2-7H,10H2,1H3. The van der Waals surface area contributed by atoms with E-state index in [4.69, 9.17) is 4.74 Å². The predicted octanol–water partition coefficient (Wildman–Crippen LogP) is 2.29. The lowest BCUT2D eigenvalue weighted by Crippen LogP contribution is -2.00. The molecule has 1 nitrogen and oxygen atoms in total. The maximum atomic E-state index is 5.38. The number of hydrogen-bond acceptors (Lipinski definition) is 1. The summed E-state index contributed by atoms with van der Waals surface area (Å²) in [5.41, 5.74) is 0. The van der Waals surface area contributed by atoms with Crippen LogP contribution in [0.25, 0.3) is 0 Å². The molecule has 2 atom stereocenters. The third-order valence-corrected chi connectivity index (χ3v) is 1.20. The highest BCUT2D eigenvalue weighted by atomic mass is 31.0. The van der Waals surface area contributed by atoms with Crippen molar-refractivity contribution in [1.29, 1.82) is 0 Å².